The van der Waals surface area contributed by atoms with Crippen LogP contribution in [0.1, 0.15) is 55.9 Å². The lowest BCUT2D eigenvalue weighted by molar-refractivity contribution is -0.116. The first-order chi connectivity index (χ1) is 12.6. The molecule has 2 N–H and O–H groups in total. The molecule has 1 heterocycles. The number of amides is 2. The van der Waals surface area contributed by atoms with Crippen LogP contribution in [0.5, 0.6) is 0 Å². The smallest absolute Gasteiger partial charge is 0.274 e. The van der Waals surface area contributed by atoms with Gasteiger partial charge in [0, 0.05) is 12.6 Å². The fourth-order valence-corrected chi connectivity index (χ4v) is 2.51. The van der Waals surface area contributed by atoms with E-state index in [1.807, 2.05) is 0 Å². The van der Waals surface area contributed by atoms with E-state index < -0.39 is 11.7 Å². The van der Waals surface area contributed by atoms with Gasteiger partial charge < -0.3 is 10.6 Å². The Morgan fingerprint density at radius 1 is 1.00 bits per heavy atom. The molecule has 0 spiro atoms. The molecule has 2 amide bonds. The van der Waals surface area contributed by atoms with Gasteiger partial charge in [0.05, 0.1) is 11.4 Å². The molecule has 0 unspecified atom stereocenters. The van der Waals surface area contributed by atoms with E-state index in [4.69, 9.17) is 0 Å². The van der Waals surface area contributed by atoms with E-state index in [1.54, 1.807) is 18.2 Å². The highest BCUT2D eigenvalue weighted by atomic mass is 19.1. The highest BCUT2D eigenvalue weighted by molar-refractivity contribution is 6.06. The van der Waals surface area contributed by atoms with Crippen LogP contribution in [0.4, 0.5) is 15.8 Å². The van der Waals surface area contributed by atoms with Crippen LogP contribution >= 0.6 is 0 Å². The minimum Gasteiger partial charge on any atom is -0.324 e. The van der Waals surface area contributed by atoms with E-state index in [0.717, 1.165) is 32.1 Å². The van der Waals surface area contributed by atoms with Gasteiger partial charge in [-0.3, -0.25) is 14.6 Å². The summed E-state index contributed by atoms with van der Waals surface area (Å²) >= 11 is 0. The molecule has 26 heavy (non-hydrogen) atoms. The summed E-state index contributed by atoms with van der Waals surface area (Å²) in [4.78, 5) is 28.3. The summed E-state index contributed by atoms with van der Waals surface area (Å²) in [5.74, 6) is -1.10. The van der Waals surface area contributed by atoms with Gasteiger partial charge >= 0.3 is 0 Å². The van der Waals surface area contributed by atoms with Gasteiger partial charge in [-0.1, -0.05) is 38.7 Å². The first-order valence-corrected chi connectivity index (χ1v) is 8.92. The summed E-state index contributed by atoms with van der Waals surface area (Å²) in [6.07, 6.45) is 7.08. The van der Waals surface area contributed by atoms with E-state index in [0.29, 0.717) is 12.1 Å². The molecule has 0 radical (unpaired) electrons. The maximum atomic E-state index is 13.6. The van der Waals surface area contributed by atoms with Gasteiger partial charge in [0.1, 0.15) is 11.5 Å². The van der Waals surface area contributed by atoms with Gasteiger partial charge in [-0.05, 0) is 36.8 Å². The number of aromatic nitrogens is 1. The normalized spacial score (nSPS) is 10.4. The largest absolute Gasteiger partial charge is 0.324 e. The van der Waals surface area contributed by atoms with Crippen LogP contribution in [-0.4, -0.2) is 16.8 Å². The number of anilines is 2. The lowest BCUT2D eigenvalue weighted by Crippen LogP contribution is -2.17. The van der Waals surface area contributed by atoms with Crippen LogP contribution in [0.15, 0.2) is 42.6 Å². The van der Waals surface area contributed by atoms with Crippen molar-refractivity contribution < 1.29 is 14.0 Å². The fraction of sp³-hybridized carbons (Fsp3) is 0.350. The highest BCUT2D eigenvalue weighted by Crippen LogP contribution is 2.24. The zero-order valence-corrected chi connectivity index (χ0v) is 14.9. The number of carbonyl (C=O) groups excluding carboxylic acids is 2. The van der Waals surface area contributed by atoms with Crippen molar-refractivity contribution in [3.05, 3.63) is 54.1 Å². The van der Waals surface area contributed by atoms with Crippen LogP contribution in [0, 0.1) is 5.82 Å². The van der Waals surface area contributed by atoms with Gasteiger partial charge in [-0.25, -0.2) is 4.39 Å². The van der Waals surface area contributed by atoms with Crippen LogP contribution < -0.4 is 10.6 Å². The molecule has 0 aliphatic carbocycles. The quantitative estimate of drug-likeness (QED) is 0.635. The SMILES string of the molecule is CCCCCCCC(=O)Nc1cc(F)ccc1NC(=O)c1ccccn1. The summed E-state index contributed by atoms with van der Waals surface area (Å²) in [5.41, 5.74) is 0.819. The molecule has 0 fully saturated rings. The van der Waals surface area contributed by atoms with Gasteiger partial charge in [-0.2, -0.15) is 0 Å². The summed E-state index contributed by atoms with van der Waals surface area (Å²) < 4.78 is 13.6. The third-order valence-corrected chi connectivity index (χ3v) is 3.91. The predicted molar refractivity (Wildman–Crippen MR) is 101 cm³/mol. The topological polar surface area (TPSA) is 71.1 Å². The number of unbranched alkanes of at least 4 members (excludes halogenated alkanes) is 4. The van der Waals surface area contributed by atoms with Crippen molar-refractivity contribution in [2.24, 2.45) is 0 Å². The number of rotatable bonds is 9. The lowest BCUT2D eigenvalue weighted by Gasteiger charge is -2.12. The molecule has 2 aromatic rings. The van der Waals surface area contributed by atoms with Crippen molar-refractivity contribution >= 4 is 23.2 Å². The number of hydrogen-bond acceptors (Lipinski definition) is 3. The number of halogens is 1. The predicted octanol–water partition coefficient (Wildman–Crippen LogP) is 4.77. The Morgan fingerprint density at radius 2 is 1.81 bits per heavy atom. The Labute approximate surface area is 153 Å². The van der Waals surface area contributed by atoms with Crippen molar-refractivity contribution in [2.75, 3.05) is 10.6 Å². The maximum absolute atomic E-state index is 13.6. The van der Waals surface area contributed by atoms with E-state index in [9.17, 15) is 14.0 Å². The standard InChI is InChI=1S/C20H24FN3O2/c1-2-3-4-5-6-10-19(25)23-18-14-15(21)11-12-16(18)24-20(26)17-9-7-8-13-22-17/h7-9,11-14H,2-6,10H2,1H3,(H,23,25)(H,24,26). The molecular weight excluding hydrogens is 333 g/mol. The zero-order chi connectivity index (χ0) is 18.8. The molecule has 0 aliphatic heterocycles. The summed E-state index contributed by atoms with van der Waals surface area (Å²) in [7, 11) is 0. The Morgan fingerprint density at radius 3 is 2.54 bits per heavy atom. The lowest BCUT2D eigenvalue weighted by atomic mass is 10.1. The number of nitrogens with one attached hydrogen (secondary N) is 2. The van der Waals surface area contributed by atoms with E-state index >= 15 is 0 Å². The van der Waals surface area contributed by atoms with Gasteiger partial charge in [0.2, 0.25) is 5.91 Å². The van der Waals surface area contributed by atoms with E-state index in [1.165, 1.54) is 24.4 Å². The third-order valence-electron chi connectivity index (χ3n) is 3.91. The third kappa shape index (κ3) is 6.27. The molecule has 0 saturated heterocycles. The second-order valence-electron chi connectivity index (χ2n) is 6.07. The van der Waals surface area contributed by atoms with Crippen LogP contribution in [0.25, 0.3) is 0 Å². The van der Waals surface area contributed by atoms with Crippen LogP contribution in [0.2, 0.25) is 0 Å². The number of hydrogen-bond donors (Lipinski definition) is 2. The Bertz CT molecular complexity index is 735. The van der Waals surface area contributed by atoms with Crippen molar-refractivity contribution in [1.29, 1.82) is 0 Å². The van der Waals surface area contributed by atoms with Crippen molar-refractivity contribution in [2.45, 2.75) is 45.4 Å². The van der Waals surface area contributed by atoms with Gasteiger partial charge in [0.25, 0.3) is 5.91 Å². The number of carbonyl (C=O) groups is 2. The van der Waals surface area contributed by atoms with Crippen LogP contribution in [-0.2, 0) is 4.79 Å². The first-order valence-electron chi connectivity index (χ1n) is 8.92. The molecule has 1 aromatic carbocycles. The Balaban J connectivity index is 1.98. The van der Waals surface area contributed by atoms with Crippen molar-refractivity contribution in [3.63, 3.8) is 0 Å². The van der Waals surface area contributed by atoms with Crippen molar-refractivity contribution in [1.82, 2.24) is 4.98 Å². The minimum absolute atomic E-state index is 0.194. The number of benzene rings is 1. The molecule has 0 atom stereocenters. The van der Waals surface area contributed by atoms with Gasteiger partial charge in [0.15, 0.2) is 0 Å². The zero-order valence-electron chi connectivity index (χ0n) is 14.9. The molecule has 2 rings (SSSR count). The van der Waals surface area contributed by atoms with Crippen molar-refractivity contribution in [3.8, 4) is 0 Å². The van der Waals surface area contributed by atoms with E-state index in [2.05, 4.69) is 22.5 Å². The molecule has 6 heteroatoms. The summed E-state index contributed by atoms with van der Waals surface area (Å²) in [6, 6.07) is 8.84. The Kier molecular flexibility index (Phi) is 7.74. The molecule has 5 nitrogen and oxygen atoms in total. The molecular formula is C20H24FN3O2. The molecule has 138 valence electrons. The van der Waals surface area contributed by atoms with Gasteiger partial charge in [-0.15, -0.1) is 0 Å². The highest BCUT2D eigenvalue weighted by Gasteiger charge is 2.13. The maximum Gasteiger partial charge on any atom is 0.274 e. The average molecular weight is 357 g/mol. The number of pyridine rings is 1. The van der Waals surface area contributed by atoms with E-state index in [-0.39, 0.29) is 17.3 Å². The van der Waals surface area contributed by atoms with Crippen LogP contribution in [0.3, 0.4) is 0 Å². The Hall–Kier alpha value is -2.76. The first kappa shape index (κ1) is 19.6. The molecule has 0 saturated carbocycles. The number of nitrogens with zero attached hydrogens (tertiary/aromatic N) is 1. The molecule has 0 aliphatic rings. The average Bonchev–Trinajstić information content (AvgIpc) is 2.64. The minimum atomic E-state index is -0.487. The monoisotopic (exact) mass is 357 g/mol. The fourth-order valence-electron chi connectivity index (χ4n) is 2.51. The summed E-state index contributed by atoms with van der Waals surface area (Å²) in [5, 5.41) is 5.35. The second kappa shape index (κ2) is 10.3. The second-order valence-corrected chi connectivity index (χ2v) is 6.07. The summed E-state index contributed by atoms with van der Waals surface area (Å²) in [6.45, 7) is 2.14. The molecule has 0 bridgehead atoms. The molecule has 1 aromatic heterocycles.